The topological polar surface area (TPSA) is 92.4 Å². The Kier molecular flexibility index (Phi) is 4.66. The first-order valence-electron chi connectivity index (χ1n) is 7.27. The van der Waals surface area contributed by atoms with Crippen molar-refractivity contribution in [1.82, 2.24) is 5.16 Å². The van der Waals surface area contributed by atoms with E-state index in [4.69, 9.17) is 9.63 Å². The number of thioether (sulfide) groups is 1. The molecule has 0 saturated heterocycles. The maximum atomic E-state index is 12.3. The molecule has 1 aromatic carbocycles. The van der Waals surface area contributed by atoms with E-state index in [0.717, 1.165) is 24.1 Å². The van der Waals surface area contributed by atoms with Gasteiger partial charge in [0, 0.05) is 17.4 Å². The fourth-order valence-electron chi connectivity index (χ4n) is 2.26. The smallest absolute Gasteiger partial charge is 0.313 e. The van der Waals surface area contributed by atoms with Gasteiger partial charge in [0.2, 0.25) is 0 Å². The molecule has 0 spiro atoms. The van der Waals surface area contributed by atoms with Gasteiger partial charge in [0.05, 0.1) is 11.4 Å². The van der Waals surface area contributed by atoms with Crippen LogP contribution in [0.2, 0.25) is 0 Å². The number of amides is 1. The van der Waals surface area contributed by atoms with Gasteiger partial charge < -0.3 is 14.9 Å². The van der Waals surface area contributed by atoms with Crippen molar-refractivity contribution in [2.45, 2.75) is 24.5 Å². The van der Waals surface area contributed by atoms with Crippen molar-refractivity contribution in [3.8, 4) is 0 Å². The van der Waals surface area contributed by atoms with Crippen LogP contribution in [0.25, 0.3) is 0 Å². The first-order valence-corrected chi connectivity index (χ1v) is 8.43. The average molecular weight is 332 g/mol. The highest BCUT2D eigenvalue weighted by atomic mass is 32.2. The molecule has 6 nitrogen and oxygen atoms in total. The minimum Gasteiger partial charge on any atom is -0.481 e. The third-order valence-electron chi connectivity index (χ3n) is 3.49. The molecule has 23 heavy (non-hydrogen) atoms. The van der Waals surface area contributed by atoms with Crippen LogP contribution in [0.5, 0.6) is 0 Å². The predicted molar refractivity (Wildman–Crippen MR) is 86.7 cm³/mol. The second-order valence-electron chi connectivity index (χ2n) is 5.43. The normalized spacial score (nSPS) is 13.7. The molecule has 1 saturated carbocycles. The molecule has 7 heteroatoms. The van der Waals surface area contributed by atoms with Crippen LogP contribution in [0.4, 0.5) is 5.69 Å². The van der Waals surface area contributed by atoms with Gasteiger partial charge in [0.1, 0.15) is 11.8 Å². The number of hydrogen-bond acceptors (Lipinski definition) is 5. The summed E-state index contributed by atoms with van der Waals surface area (Å²) >= 11 is 1.32. The molecular formula is C16H16N2O4S. The molecule has 3 rings (SSSR count). The van der Waals surface area contributed by atoms with Crippen LogP contribution < -0.4 is 5.32 Å². The van der Waals surface area contributed by atoms with Crippen molar-refractivity contribution in [1.29, 1.82) is 0 Å². The molecule has 120 valence electrons. The Hall–Kier alpha value is -2.28. The zero-order valence-corrected chi connectivity index (χ0v) is 13.1. The van der Waals surface area contributed by atoms with Gasteiger partial charge in [-0.3, -0.25) is 9.59 Å². The number of carbonyl (C=O) groups is 2. The van der Waals surface area contributed by atoms with E-state index >= 15 is 0 Å². The summed E-state index contributed by atoms with van der Waals surface area (Å²) in [6.45, 7) is 0. The number of anilines is 1. The number of carbonyl (C=O) groups excluding carboxylic acids is 1. The monoisotopic (exact) mass is 332 g/mol. The van der Waals surface area contributed by atoms with Gasteiger partial charge in [-0.25, -0.2) is 0 Å². The Bertz CT molecular complexity index is 724. The zero-order chi connectivity index (χ0) is 16.2. The van der Waals surface area contributed by atoms with E-state index in [1.54, 1.807) is 6.07 Å². The molecular weight excluding hydrogens is 316 g/mol. The summed E-state index contributed by atoms with van der Waals surface area (Å²) in [6, 6.07) is 7.38. The lowest BCUT2D eigenvalue weighted by atomic mass is 10.1. The third kappa shape index (κ3) is 4.13. The maximum absolute atomic E-state index is 12.3. The highest BCUT2D eigenvalue weighted by Gasteiger charge is 2.31. The molecule has 0 atom stereocenters. The number of nitrogens with one attached hydrogen (secondary N) is 1. The number of carboxylic acids is 1. The first-order chi connectivity index (χ1) is 11.1. The lowest BCUT2D eigenvalue weighted by Gasteiger charge is -2.07. The van der Waals surface area contributed by atoms with Crippen LogP contribution in [0.15, 0.2) is 35.1 Å². The Morgan fingerprint density at radius 2 is 2.22 bits per heavy atom. The molecule has 2 aromatic rings. The van der Waals surface area contributed by atoms with Crippen molar-refractivity contribution in [3.05, 3.63) is 47.3 Å². The number of hydrogen-bond donors (Lipinski definition) is 2. The molecule has 0 unspecified atom stereocenters. The van der Waals surface area contributed by atoms with Crippen LogP contribution in [-0.4, -0.2) is 27.9 Å². The maximum Gasteiger partial charge on any atom is 0.313 e. The van der Waals surface area contributed by atoms with Gasteiger partial charge in [0.15, 0.2) is 0 Å². The van der Waals surface area contributed by atoms with Crippen LogP contribution in [0.1, 0.15) is 40.4 Å². The summed E-state index contributed by atoms with van der Waals surface area (Å²) in [5.41, 5.74) is 2.85. The molecule has 1 aliphatic rings. The second kappa shape index (κ2) is 6.87. The molecule has 1 aliphatic carbocycles. The number of rotatable bonds is 7. The van der Waals surface area contributed by atoms with E-state index < -0.39 is 5.97 Å². The summed E-state index contributed by atoms with van der Waals surface area (Å²) < 4.78 is 4.94. The van der Waals surface area contributed by atoms with Gasteiger partial charge in [-0.2, -0.15) is 0 Å². The number of aliphatic carboxylic acids is 1. The molecule has 0 bridgehead atoms. The van der Waals surface area contributed by atoms with Crippen molar-refractivity contribution in [2.75, 3.05) is 11.1 Å². The Balaban J connectivity index is 1.64. The SMILES string of the molecule is O=C(O)CSCc1cccc(NC(=O)c2conc2C2CC2)c1. The fraction of sp³-hybridized carbons (Fsp3) is 0.312. The summed E-state index contributed by atoms with van der Waals surface area (Å²) in [4.78, 5) is 22.9. The third-order valence-corrected chi connectivity index (χ3v) is 4.47. The standard InChI is InChI=1S/C16H16N2O4S/c19-14(20)9-23-8-10-2-1-3-12(6-10)17-16(21)13-7-22-18-15(13)11-4-5-11/h1-3,6-7,11H,4-5,8-9H2,(H,17,21)(H,19,20). The lowest BCUT2D eigenvalue weighted by molar-refractivity contribution is -0.133. The van der Waals surface area contributed by atoms with E-state index in [0.29, 0.717) is 22.9 Å². The lowest BCUT2D eigenvalue weighted by Crippen LogP contribution is -2.13. The first kappa shape index (κ1) is 15.6. The van der Waals surface area contributed by atoms with Crippen LogP contribution in [-0.2, 0) is 10.5 Å². The average Bonchev–Trinajstić information content (AvgIpc) is 3.24. The van der Waals surface area contributed by atoms with Crippen LogP contribution >= 0.6 is 11.8 Å². The molecule has 0 radical (unpaired) electrons. The molecule has 2 N–H and O–H groups in total. The summed E-state index contributed by atoms with van der Waals surface area (Å²) in [6.07, 6.45) is 3.47. The minimum absolute atomic E-state index is 0.0576. The molecule has 1 aromatic heterocycles. The van der Waals surface area contributed by atoms with Crippen molar-refractivity contribution in [2.24, 2.45) is 0 Å². The van der Waals surface area contributed by atoms with E-state index in [1.165, 1.54) is 18.0 Å². The zero-order valence-electron chi connectivity index (χ0n) is 12.3. The number of nitrogens with zero attached hydrogens (tertiary/aromatic N) is 1. The Morgan fingerprint density at radius 1 is 1.39 bits per heavy atom. The fourth-order valence-corrected chi connectivity index (χ4v) is 2.95. The number of carboxylic acid groups (broad SMARTS) is 1. The van der Waals surface area contributed by atoms with Gasteiger partial charge in [-0.05, 0) is 30.5 Å². The largest absolute Gasteiger partial charge is 0.481 e. The van der Waals surface area contributed by atoms with Crippen molar-refractivity contribution in [3.63, 3.8) is 0 Å². The summed E-state index contributed by atoms with van der Waals surface area (Å²) in [5.74, 6) is -0.0882. The van der Waals surface area contributed by atoms with E-state index in [2.05, 4.69) is 10.5 Å². The van der Waals surface area contributed by atoms with Crippen LogP contribution in [0, 0.1) is 0 Å². The van der Waals surface area contributed by atoms with E-state index in [-0.39, 0.29) is 11.7 Å². The van der Waals surface area contributed by atoms with Gasteiger partial charge >= 0.3 is 5.97 Å². The molecule has 1 fully saturated rings. The predicted octanol–water partition coefficient (Wildman–Crippen LogP) is 3.12. The Morgan fingerprint density at radius 3 is 2.96 bits per heavy atom. The highest BCUT2D eigenvalue weighted by molar-refractivity contribution is 7.99. The Labute approximate surface area is 137 Å². The van der Waals surface area contributed by atoms with Gasteiger partial charge in [0.25, 0.3) is 5.91 Å². The summed E-state index contributed by atoms with van der Waals surface area (Å²) in [7, 11) is 0. The molecule has 0 aliphatic heterocycles. The van der Waals surface area contributed by atoms with Crippen molar-refractivity contribution < 1.29 is 19.2 Å². The van der Waals surface area contributed by atoms with Gasteiger partial charge in [-0.1, -0.05) is 17.3 Å². The number of benzene rings is 1. The van der Waals surface area contributed by atoms with Crippen LogP contribution in [0.3, 0.4) is 0 Å². The van der Waals surface area contributed by atoms with Gasteiger partial charge in [-0.15, -0.1) is 11.8 Å². The minimum atomic E-state index is -0.834. The molecule has 1 amide bonds. The van der Waals surface area contributed by atoms with E-state index in [9.17, 15) is 9.59 Å². The summed E-state index contributed by atoms with van der Waals surface area (Å²) in [5, 5.41) is 15.4. The van der Waals surface area contributed by atoms with E-state index in [1.807, 2.05) is 18.2 Å². The highest BCUT2D eigenvalue weighted by Crippen LogP contribution is 2.40. The molecule has 1 heterocycles. The van der Waals surface area contributed by atoms with Crippen molar-refractivity contribution >= 4 is 29.3 Å². The number of aromatic nitrogens is 1. The second-order valence-corrected chi connectivity index (χ2v) is 6.41. The quantitative estimate of drug-likeness (QED) is 0.809.